The van der Waals surface area contributed by atoms with Gasteiger partial charge in [-0.15, -0.1) is 0 Å². The van der Waals surface area contributed by atoms with Crippen LogP contribution in [0.15, 0.2) is 133 Å². The second-order valence-electron chi connectivity index (χ2n) is 11.4. The Morgan fingerprint density at radius 2 is 0.795 bits per heavy atom. The van der Waals surface area contributed by atoms with Crippen molar-refractivity contribution in [3.05, 3.63) is 133 Å². The van der Waals surface area contributed by atoms with Crippen molar-refractivity contribution in [2.45, 2.75) is 0 Å². The van der Waals surface area contributed by atoms with E-state index < -0.39 is 0 Å². The Morgan fingerprint density at radius 3 is 1.50 bits per heavy atom. The molecule has 10 rings (SSSR count). The SMILES string of the molecule is c1ccc2nc3c(-c4ccc5c(c4)-c4ccc(-c6cccc7nc8ccccc8nc67)c6cccc-5c46)cccc3nc2c1. The molecule has 202 valence electrons. The zero-order valence-electron chi connectivity index (χ0n) is 23.5. The molecule has 0 aliphatic heterocycles. The number of rotatable bonds is 2. The maximum absolute atomic E-state index is 5.08. The van der Waals surface area contributed by atoms with Crippen molar-refractivity contribution in [2.75, 3.05) is 0 Å². The number of aromatic nitrogens is 4. The molecule has 44 heavy (non-hydrogen) atoms. The molecule has 0 N–H and O–H groups in total. The molecule has 1 aliphatic rings. The van der Waals surface area contributed by atoms with Crippen LogP contribution in [0, 0.1) is 0 Å². The van der Waals surface area contributed by atoms with Crippen LogP contribution in [0.5, 0.6) is 0 Å². The highest BCUT2D eigenvalue weighted by Gasteiger charge is 2.24. The molecule has 0 bridgehead atoms. The van der Waals surface area contributed by atoms with E-state index in [1.54, 1.807) is 0 Å². The summed E-state index contributed by atoms with van der Waals surface area (Å²) in [7, 11) is 0. The monoisotopic (exact) mass is 558 g/mol. The average molecular weight is 559 g/mol. The maximum atomic E-state index is 5.08. The Bertz CT molecular complexity index is 2670. The topological polar surface area (TPSA) is 51.6 Å². The predicted octanol–water partition coefficient (Wildman–Crippen LogP) is 10.0. The highest BCUT2D eigenvalue weighted by Crippen LogP contribution is 2.50. The molecule has 0 saturated carbocycles. The minimum absolute atomic E-state index is 0.905. The van der Waals surface area contributed by atoms with Gasteiger partial charge in [0.15, 0.2) is 0 Å². The molecule has 0 saturated heterocycles. The Hall–Kier alpha value is -6.00. The standard InChI is InChI=1S/C40H22N4/c1-3-14-34-32(12-1)41-36-16-6-8-24(39(36)43-34)23-18-19-26-28-10-5-9-27-25(20-21-29(38(27)28)31(26)22-23)30-11-7-17-37-40(30)44-35-15-4-2-13-33(35)42-37/h1-22H. The van der Waals surface area contributed by atoms with E-state index in [1.807, 2.05) is 54.6 Å². The van der Waals surface area contributed by atoms with Crippen LogP contribution in [0.3, 0.4) is 0 Å². The second kappa shape index (κ2) is 8.76. The molecule has 0 fully saturated rings. The molecule has 0 spiro atoms. The van der Waals surface area contributed by atoms with Crippen LogP contribution in [0.25, 0.3) is 99.4 Å². The van der Waals surface area contributed by atoms with Crippen LogP contribution in [0.1, 0.15) is 0 Å². The van der Waals surface area contributed by atoms with E-state index in [9.17, 15) is 0 Å². The quantitative estimate of drug-likeness (QED) is 0.198. The summed E-state index contributed by atoms with van der Waals surface area (Å²) in [6, 6.07) is 46.7. The summed E-state index contributed by atoms with van der Waals surface area (Å²) in [5, 5.41) is 2.51. The van der Waals surface area contributed by atoms with Gasteiger partial charge in [-0.3, -0.25) is 0 Å². The van der Waals surface area contributed by atoms with Crippen molar-refractivity contribution >= 4 is 54.9 Å². The van der Waals surface area contributed by atoms with Crippen LogP contribution in [-0.4, -0.2) is 19.9 Å². The lowest BCUT2D eigenvalue weighted by Crippen LogP contribution is -1.91. The molecule has 0 radical (unpaired) electrons. The molecule has 9 aromatic rings. The smallest absolute Gasteiger partial charge is 0.0973 e. The van der Waals surface area contributed by atoms with Gasteiger partial charge in [-0.2, -0.15) is 0 Å². The summed E-state index contributed by atoms with van der Waals surface area (Å²) >= 11 is 0. The summed E-state index contributed by atoms with van der Waals surface area (Å²) < 4.78 is 0. The van der Waals surface area contributed by atoms with E-state index >= 15 is 0 Å². The van der Waals surface area contributed by atoms with Gasteiger partial charge < -0.3 is 0 Å². The van der Waals surface area contributed by atoms with Gasteiger partial charge >= 0.3 is 0 Å². The number of benzene rings is 7. The van der Waals surface area contributed by atoms with Crippen LogP contribution in [-0.2, 0) is 0 Å². The van der Waals surface area contributed by atoms with E-state index in [0.29, 0.717) is 0 Å². The van der Waals surface area contributed by atoms with Crippen LogP contribution in [0.2, 0.25) is 0 Å². The average Bonchev–Trinajstić information content (AvgIpc) is 3.40. The Balaban J connectivity index is 1.17. The lowest BCUT2D eigenvalue weighted by molar-refractivity contribution is 1.39. The van der Waals surface area contributed by atoms with Crippen molar-refractivity contribution in [3.8, 4) is 44.5 Å². The third-order valence-electron chi connectivity index (χ3n) is 8.98. The number of para-hydroxylation sites is 6. The van der Waals surface area contributed by atoms with E-state index in [0.717, 1.165) is 60.8 Å². The van der Waals surface area contributed by atoms with Gasteiger partial charge in [0, 0.05) is 11.1 Å². The van der Waals surface area contributed by atoms with Crippen molar-refractivity contribution in [2.24, 2.45) is 0 Å². The molecule has 0 amide bonds. The third kappa shape index (κ3) is 3.28. The molecular formula is C40H22N4. The summed E-state index contributed by atoms with van der Waals surface area (Å²) in [5.74, 6) is 0. The number of fused-ring (bicyclic) bond motifs is 7. The first-order valence-corrected chi connectivity index (χ1v) is 14.8. The second-order valence-corrected chi connectivity index (χ2v) is 11.4. The molecule has 7 aromatic carbocycles. The molecular weight excluding hydrogens is 536 g/mol. The maximum Gasteiger partial charge on any atom is 0.0973 e. The van der Waals surface area contributed by atoms with Crippen molar-refractivity contribution in [1.29, 1.82) is 0 Å². The summed E-state index contributed by atoms with van der Waals surface area (Å²) in [5.41, 5.74) is 16.8. The van der Waals surface area contributed by atoms with Crippen LogP contribution < -0.4 is 0 Å². The lowest BCUT2D eigenvalue weighted by Gasteiger charge is -2.12. The van der Waals surface area contributed by atoms with Crippen molar-refractivity contribution in [3.63, 3.8) is 0 Å². The third-order valence-corrected chi connectivity index (χ3v) is 8.98. The predicted molar refractivity (Wildman–Crippen MR) is 180 cm³/mol. The summed E-state index contributed by atoms with van der Waals surface area (Å²) in [4.78, 5) is 20.0. The fraction of sp³-hybridized carbons (Fsp3) is 0. The van der Waals surface area contributed by atoms with Gasteiger partial charge in [-0.05, 0) is 86.6 Å². The number of hydrogen-bond donors (Lipinski definition) is 0. The van der Waals surface area contributed by atoms with Crippen LogP contribution in [0.4, 0.5) is 0 Å². The van der Waals surface area contributed by atoms with E-state index in [2.05, 4.69) is 78.9 Å². The molecule has 1 aliphatic carbocycles. The van der Waals surface area contributed by atoms with Gasteiger partial charge in [0.05, 0.1) is 44.1 Å². The van der Waals surface area contributed by atoms with Gasteiger partial charge in [0.2, 0.25) is 0 Å². The highest BCUT2D eigenvalue weighted by atomic mass is 14.8. The Labute approximate surface area is 252 Å². The van der Waals surface area contributed by atoms with Gasteiger partial charge in [-0.1, -0.05) is 91.0 Å². The Kier molecular flexibility index (Phi) is 4.69. The number of hydrogen-bond acceptors (Lipinski definition) is 4. The summed E-state index contributed by atoms with van der Waals surface area (Å²) in [6.07, 6.45) is 0. The molecule has 4 nitrogen and oxygen atoms in total. The number of nitrogens with zero attached hydrogens (tertiary/aromatic N) is 4. The minimum Gasteiger partial charge on any atom is -0.244 e. The zero-order valence-corrected chi connectivity index (χ0v) is 23.5. The molecule has 0 atom stereocenters. The van der Waals surface area contributed by atoms with E-state index in [-0.39, 0.29) is 0 Å². The van der Waals surface area contributed by atoms with Crippen molar-refractivity contribution < 1.29 is 0 Å². The molecule has 2 aromatic heterocycles. The molecule has 2 heterocycles. The first-order valence-electron chi connectivity index (χ1n) is 14.8. The fourth-order valence-corrected chi connectivity index (χ4v) is 7.00. The molecule has 4 heteroatoms. The van der Waals surface area contributed by atoms with Gasteiger partial charge in [-0.25, -0.2) is 19.9 Å². The minimum atomic E-state index is 0.905. The highest BCUT2D eigenvalue weighted by molar-refractivity contribution is 6.20. The Morgan fingerprint density at radius 1 is 0.295 bits per heavy atom. The normalized spacial score (nSPS) is 12.1. The lowest BCUT2D eigenvalue weighted by atomic mass is 9.93. The largest absolute Gasteiger partial charge is 0.244 e. The summed E-state index contributed by atoms with van der Waals surface area (Å²) in [6.45, 7) is 0. The van der Waals surface area contributed by atoms with Crippen molar-refractivity contribution in [1.82, 2.24) is 19.9 Å². The fourth-order valence-electron chi connectivity index (χ4n) is 7.00. The first kappa shape index (κ1) is 23.6. The van der Waals surface area contributed by atoms with Gasteiger partial charge in [0.1, 0.15) is 0 Å². The first-order chi connectivity index (χ1) is 21.8. The van der Waals surface area contributed by atoms with Crippen LogP contribution >= 0.6 is 0 Å². The zero-order chi connectivity index (χ0) is 28.8. The molecule has 0 unspecified atom stereocenters. The van der Waals surface area contributed by atoms with E-state index in [1.165, 1.54) is 38.6 Å². The van der Waals surface area contributed by atoms with E-state index in [4.69, 9.17) is 19.9 Å². The van der Waals surface area contributed by atoms with Gasteiger partial charge in [0.25, 0.3) is 0 Å².